The van der Waals surface area contributed by atoms with E-state index in [1.165, 1.54) is 0 Å². The Hall–Kier alpha value is -1.26. The summed E-state index contributed by atoms with van der Waals surface area (Å²) in [5.41, 5.74) is 6.23. The lowest BCUT2D eigenvalue weighted by molar-refractivity contribution is 0.318. The summed E-state index contributed by atoms with van der Waals surface area (Å²) in [6, 6.07) is 5.47. The second-order valence-electron chi connectivity index (χ2n) is 2.86. The molecule has 1 aromatic carbocycles. The van der Waals surface area contributed by atoms with Gasteiger partial charge in [-0.25, -0.2) is 0 Å². The maximum absolute atomic E-state index is 5.86. The molecule has 4 nitrogen and oxygen atoms in total. The standard InChI is InChI=1S/C9H10ClN3O/c10-6-1-2-8-7(5-6)9(13-12-8)14-4-3-11/h1-2,5H,3-4,11H2,(H,12,13). The van der Waals surface area contributed by atoms with Gasteiger partial charge in [-0.05, 0) is 18.2 Å². The predicted molar refractivity (Wildman–Crippen MR) is 55.7 cm³/mol. The molecular weight excluding hydrogens is 202 g/mol. The van der Waals surface area contributed by atoms with Crippen molar-refractivity contribution in [2.75, 3.05) is 13.2 Å². The number of halogens is 1. The molecule has 0 fully saturated rings. The van der Waals surface area contributed by atoms with Crippen molar-refractivity contribution in [2.45, 2.75) is 0 Å². The topological polar surface area (TPSA) is 63.9 Å². The van der Waals surface area contributed by atoms with Crippen molar-refractivity contribution in [2.24, 2.45) is 5.73 Å². The van der Waals surface area contributed by atoms with Crippen molar-refractivity contribution in [3.8, 4) is 5.88 Å². The van der Waals surface area contributed by atoms with Crippen molar-refractivity contribution in [3.63, 3.8) is 0 Å². The van der Waals surface area contributed by atoms with Crippen LogP contribution in [0.3, 0.4) is 0 Å². The highest BCUT2D eigenvalue weighted by atomic mass is 35.5. The molecule has 3 N–H and O–H groups in total. The summed E-state index contributed by atoms with van der Waals surface area (Å²) in [7, 11) is 0. The van der Waals surface area contributed by atoms with Gasteiger partial charge in [-0.15, -0.1) is 5.10 Å². The highest BCUT2D eigenvalue weighted by molar-refractivity contribution is 6.31. The second kappa shape index (κ2) is 3.86. The van der Waals surface area contributed by atoms with E-state index in [1.807, 2.05) is 12.1 Å². The fourth-order valence-corrected chi connectivity index (χ4v) is 1.40. The third kappa shape index (κ3) is 1.66. The molecule has 0 aliphatic heterocycles. The first-order valence-corrected chi connectivity index (χ1v) is 4.65. The van der Waals surface area contributed by atoms with Gasteiger partial charge in [0.05, 0.1) is 10.9 Å². The van der Waals surface area contributed by atoms with Crippen LogP contribution >= 0.6 is 11.6 Å². The number of rotatable bonds is 3. The molecule has 1 heterocycles. The van der Waals surface area contributed by atoms with Gasteiger partial charge in [0, 0.05) is 11.6 Å². The number of H-pyrrole nitrogens is 1. The summed E-state index contributed by atoms with van der Waals surface area (Å²) in [5.74, 6) is 0.549. The van der Waals surface area contributed by atoms with Gasteiger partial charge in [0.1, 0.15) is 6.61 Å². The van der Waals surface area contributed by atoms with E-state index in [9.17, 15) is 0 Å². The lowest BCUT2D eigenvalue weighted by atomic mass is 10.2. The van der Waals surface area contributed by atoms with Crippen LogP contribution in [0.5, 0.6) is 5.88 Å². The van der Waals surface area contributed by atoms with E-state index in [0.717, 1.165) is 10.9 Å². The Morgan fingerprint density at radius 1 is 1.50 bits per heavy atom. The van der Waals surface area contributed by atoms with Crippen LogP contribution in [0.1, 0.15) is 0 Å². The van der Waals surface area contributed by atoms with Crippen molar-refractivity contribution >= 4 is 22.5 Å². The zero-order valence-electron chi connectivity index (χ0n) is 7.46. The Kier molecular flexibility index (Phi) is 2.56. The molecular formula is C9H10ClN3O. The zero-order chi connectivity index (χ0) is 9.97. The number of hydrogen-bond acceptors (Lipinski definition) is 3. The van der Waals surface area contributed by atoms with E-state index in [4.69, 9.17) is 22.1 Å². The number of aromatic amines is 1. The Labute approximate surface area is 86.0 Å². The third-order valence-corrected chi connectivity index (χ3v) is 2.08. The summed E-state index contributed by atoms with van der Waals surface area (Å²) in [6.07, 6.45) is 0. The van der Waals surface area contributed by atoms with E-state index in [0.29, 0.717) is 24.1 Å². The van der Waals surface area contributed by atoms with E-state index < -0.39 is 0 Å². The minimum Gasteiger partial charge on any atom is -0.475 e. The minimum atomic E-state index is 0.451. The average molecular weight is 212 g/mol. The van der Waals surface area contributed by atoms with Crippen LogP contribution < -0.4 is 10.5 Å². The summed E-state index contributed by atoms with van der Waals surface area (Å²) in [4.78, 5) is 0. The number of nitrogens with one attached hydrogen (secondary N) is 1. The van der Waals surface area contributed by atoms with Crippen LogP contribution in [0.25, 0.3) is 10.9 Å². The first kappa shape index (κ1) is 9.30. The molecule has 0 aliphatic carbocycles. The van der Waals surface area contributed by atoms with Gasteiger partial charge in [-0.2, -0.15) is 0 Å². The molecule has 0 atom stereocenters. The lowest BCUT2D eigenvalue weighted by Crippen LogP contribution is -2.10. The molecule has 5 heteroatoms. The number of nitrogens with two attached hydrogens (primary N) is 1. The molecule has 14 heavy (non-hydrogen) atoms. The highest BCUT2D eigenvalue weighted by Crippen LogP contribution is 2.25. The van der Waals surface area contributed by atoms with Crippen molar-refractivity contribution in [1.82, 2.24) is 10.2 Å². The monoisotopic (exact) mass is 211 g/mol. The van der Waals surface area contributed by atoms with Crippen LogP contribution in [-0.4, -0.2) is 23.3 Å². The van der Waals surface area contributed by atoms with Crippen LogP contribution in [-0.2, 0) is 0 Å². The normalized spacial score (nSPS) is 10.7. The average Bonchev–Trinajstić information content (AvgIpc) is 2.57. The molecule has 2 rings (SSSR count). The van der Waals surface area contributed by atoms with E-state index in [1.54, 1.807) is 6.07 Å². The Morgan fingerprint density at radius 2 is 2.36 bits per heavy atom. The van der Waals surface area contributed by atoms with Gasteiger partial charge in [0.15, 0.2) is 0 Å². The van der Waals surface area contributed by atoms with Crippen LogP contribution in [0.4, 0.5) is 0 Å². The first-order chi connectivity index (χ1) is 6.81. The van der Waals surface area contributed by atoms with Gasteiger partial charge >= 0.3 is 0 Å². The Morgan fingerprint density at radius 3 is 3.14 bits per heavy atom. The van der Waals surface area contributed by atoms with Crippen molar-refractivity contribution in [3.05, 3.63) is 23.2 Å². The number of hydrogen-bond donors (Lipinski definition) is 2. The summed E-state index contributed by atoms with van der Waals surface area (Å²) >= 11 is 5.86. The summed E-state index contributed by atoms with van der Waals surface area (Å²) in [6.45, 7) is 0.918. The molecule has 74 valence electrons. The van der Waals surface area contributed by atoms with Crippen molar-refractivity contribution < 1.29 is 4.74 Å². The lowest BCUT2D eigenvalue weighted by Gasteiger charge is -1.99. The molecule has 1 aromatic heterocycles. The first-order valence-electron chi connectivity index (χ1n) is 4.28. The summed E-state index contributed by atoms with van der Waals surface area (Å²) in [5, 5.41) is 8.41. The molecule has 0 unspecified atom stereocenters. The zero-order valence-corrected chi connectivity index (χ0v) is 8.21. The third-order valence-electron chi connectivity index (χ3n) is 1.85. The number of fused-ring (bicyclic) bond motifs is 1. The van der Waals surface area contributed by atoms with E-state index >= 15 is 0 Å². The van der Waals surface area contributed by atoms with Crippen LogP contribution in [0.15, 0.2) is 18.2 Å². The number of ether oxygens (including phenoxy) is 1. The number of aromatic nitrogens is 2. The quantitative estimate of drug-likeness (QED) is 0.810. The fraction of sp³-hybridized carbons (Fsp3) is 0.222. The highest BCUT2D eigenvalue weighted by Gasteiger charge is 2.06. The van der Waals surface area contributed by atoms with Gasteiger partial charge < -0.3 is 10.5 Å². The van der Waals surface area contributed by atoms with Gasteiger partial charge in [0.25, 0.3) is 0 Å². The van der Waals surface area contributed by atoms with Crippen LogP contribution in [0, 0.1) is 0 Å². The molecule has 0 radical (unpaired) electrons. The maximum atomic E-state index is 5.86. The van der Waals surface area contributed by atoms with Gasteiger partial charge in [-0.1, -0.05) is 11.6 Å². The van der Waals surface area contributed by atoms with Gasteiger partial charge in [-0.3, -0.25) is 5.10 Å². The Balaban J connectivity index is 2.40. The molecule has 0 saturated carbocycles. The van der Waals surface area contributed by atoms with Crippen LogP contribution in [0.2, 0.25) is 5.02 Å². The maximum Gasteiger partial charge on any atom is 0.240 e. The molecule has 0 bridgehead atoms. The molecule has 2 aromatic rings. The van der Waals surface area contributed by atoms with E-state index in [-0.39, 0.29) is 0 Å². The van der Waals surface area contributed by atoms with E-state index in [2.05, 4.69) is 10.2 Å². The molecule has 0 amide bonds. The SMILES string of the molecule is NCCOc1n[nH]c2ccc(Cl)cc12. The van der Waals surface area contributed by atoms with Gasteiger partial charge in [0.2, 0.25) is 5.88 Å². The predicted octanol–water partition coefficient (Wildman–Crippen LogP) is 1.55. The fourth-order valence-electron chi connectivity index (χ4n) is 1.23. The number of benzene rings is 1. The number of nitrogens with zero attached hydrogens (tertiary/aromatic N) is 1. The summed E-state index contributed by atoms with van der Waals surface area (Å²) < 4.78 is 5.34. The second-order valence-corrected chi connectivity index (χ2v) is 3.29. The molecule has 0 aliphatic rings. The van der Waals surface area contributed by atoms with Crippen molar-refractivity contribution in [1.29, 1.82) is 0 Å². The molecule has 0 saturated heterocycles. The Bertz CT molecular complexity index is 441. The minimum absolute atomic E-state index is 0.451. The smallest absolute Gasteiger partial charge is 0.240 e. The molecule has 0 spiro atoms. The largest absolute Gasteiger partial charge is 0.475 e.